The molecule has 0 bridgehead atoms. The number of nitrogens with one attached hydrogen (secondary N) is 1. The van der Waals surface area contributed by atoms with Crippen molar-refractivity contribution in [3.05, 3.63) is 30.3 Å². The molecule has 104 valence electrons. The van der Waals surface area contributed by atoms with Crippen molar-refractivity contribution in [2.45, 2.75) is 23.8 Å². The number of carbonyl (C=O) groups excluding carboxylic acids is 1. The Kier molecular flexibility index (Phi) is 4.20. The lowest BCUT2D eigenvalue weighted by molar-refractivity contribution is -0.120. The van der Waals surface area contributed by atoms with E-state index < -0.39 is 15.4 Å². The topological polar surface area (TPSA) is 63.2 Å². The molecule has 0 radical (unpaired) electrons. The lowest BCUT2D eigenvalue weighted by Crippen LogP contribution is -2.47. The van der Waals surface area contributed by atoms with E-state index in [4.69, 9.17) is 0 Å². The summed E-state index contributed by atoms with van der Waals surface area (Å²) in [6, 6.07) is 9.66. The van der Waals surface area contributed by atoms with Crippen molar-refractivity contribution in [1.29, 1.82) is 0 Å². The Morgan fingerprint density at radius 2 is 2.05 bits per heavy atom. The predicted octanol–water partition coefficient (Wildman–Crippen LogP) is 1.47. The first-order valence-electron chi connectivity index (χ1n) is 6.08. The van der Waals surface area contributed by atoms with E-state index in [0.717, 1.165) is 4.90 Å². The summed E-state index contributed by atoms with van der Waals surface area (Å²) >= 11 is 1.45. The van der Waals surface area contributed by atoms with Crippen LogP contribution in [-0.2, 0) is 14.6 Å². The van der Waals surface area contributed by atoms with E-state index in [1.807, 2.05) is 30.3 Å². The van der Waals surface area contributed by atoms with Crippen LogP contribution in [0.2, 0.25) is 0 Å². The zero-order valence-electron chi connectivity index (χ0n) is 10.8. The zero-order chi connectivity index (χ0) is 13.9. The molecule has 1 N–H and O–H groups in total. The summed E-state index contributed by atoms with van der Waals surface area (Å²) in [6.45, 7) is 1.79. The van der Waals surface area contributed by atoms with Gasteiger partial charge < -0.3 is 5.32 Å². The van der Waals surface area contributed by atoms with E-state index in [2.05, 4.69) is 5.32 Å². The minimum absolute atomic E-state index is 0.0434. The van der Waals surface area contributed by atoms with E-state index in [1.54, 1.807) is 6.92 Å². The molecule has 1 aromatic carbocycles. The SMILES string of the molecule is CC1(NC(=O)CSc2ccccc2)CCS(=O)(=O)C1. The molecule has 6 heteroatoms. The third-order valence-electron chi connectivity index (χ3n) is 3.06. The summed E-state index contributed by atoms with van der Waals surface area (Å²) in [7, 11) is -2.99. The highest BCUT2D eigenvalue weighted by Crippen LogP contribution is 2.23. The quantitative estimate of drug-likeness (QED) is 0.855. The van der Waals surface area contributed by atoms with Gasteiger partial charge in [0, 0.05) is 4.90 Å². The molecule has 0 aliphatic carbocycles. The maximum absolute atomic E-state index is 11.9. The molecular formula is C13H17NO3S2. The van der Waals surface area contributed by atoms with E-state index >= 15 is 0 Å². The number of sulfone groups is 1. The molecule has 0 aromatic heterocycles. The second kappa shape index (κ2) is 5.54. The highest BCUT2D eigenvalue weighted by atomic mass is 32.2. The van der Waals surface area contributed by atoms with Crippen LogP contribution in [0.15, 0.2) is 35.2 Å². The van der Waals surface area contributed by atoms with E-state index in [1.165, 1.54) is 11.8 Å². The predicted molar refractivity (Wildman–Crippen MR) is 77.0 cm³/mol. The van der Waals surface area contributed by atoms with Gasteiger partial charge in [-0.25, -0.2) is 8.42 Å². The average Bonchev–Trinajstić information content (AvgIpc) is 2.62. The molecule has 0 saturated carbocycles. The second-order valence-electron chi connectivity index (χ2n) is 5.05. The molecule has 2 rings (SSSR count). The van der Waals surface area contributed by atoms with Gasteiger partial charge in [-0.2, -0.15) is 0 Å². The van der Waals surface area contributed by atoms with Crippen molar-refractivity contribution in [3.8, 4) is 0 Å². The number of thioether (sulfide) groups is 1. The third-order valence-corrected chi connectivity index (χ3v) is 5.97. The Balaban J connectivity index is 1.85. The summed E-state index contributed by atoms with van der Waals surface area (Å²) < 4.78 is 22.9. The van der Waals surface area contributed by atoms with Gasteiger partial charge in [0.15, 0.2) is 9.84 Å². The molecule has 1 aliphatic heterocycles. The van der Waals surface area contributed by atoms with Crippen LogP contribution in [0.4, 0.5) is 0 Å². The van der Waals surface area contributed by atoms with Gasteiger partial charge in [0.1, 0.15) is 0 Å². The number of rotatable bonds is 4. The molecule has 0 spiro atoms. The van der Waals surface area contributed by atoms with Gasteiger partial charge in [0.25, 0.3) is 0 Å². The molecule has 1 aromatic rings. The monoisotopic (exact) mass is 299 g/mol. The number of amides is 1. The Morgan fingerprint density at radius 3 is 2.63 bits per heavy atom. The van der Waals surface area contributed by atoms with Crippen molar-refractivity contribution in [2.75, 3.05) is 17.3 Å². The van der Waals surface area contributed by atoms with Crippen molar-refractivity contribution >= 4 is 27.5 Å². The Labute approximate surface area is 117 Å². The lowest BCUT2D eigenvalue weighted by Gasteiger charge is -2.23. The number of hydrogen-bond acceptors (Lipinski definition) is 4. The zero-order valence-corrected chi connectivity index (χ0v) is 12.4. The molecule has 1 unspecified atom stereocenters. The number of hydrogen-bond donors (Lipinski definition) is 1. The average molecular weight is 299 g/mol. The summed E-state index contributed by atoms with van der Waals surface area (Å²) in [6.07, 6.45) is 0.497. The molecule has 1 saturated heterocycles. The summed E-state index contributed by atoms with van der Waals surface area (Å²) in [4.78, 5) is 12.9. The van der Waals surface area contributed by atoms with Crippen molar-refractivity contribution in [3.63, 3.8) is 0 Å². The van der Waals surface area contributed by atoms with Gasteiger partial charge in [-0.3, -0.25) is 4.79 Å². The first-order valence-corrected chi connectivity index (χ1v) is 8.89. The highest BCUT2D eigenvalue weighted by Gasteiger charge is 2.39. The molecule has 1 atom stereocenters. The fraction of sp³-hybridized carbons (Fsp3) is 0.462. The molecular weight excluding hydrogens is 282 g/mol. The van der Waals surface area contributed by atoms with Crippen LogP contribution in [0, 0.1) is 0 Å². The van der Waals surface area contributed by atoms with Crippen LogP contribution in [0.25, 0.3) is 0 Å². The Bertz CT molecular complexity index is 557. The maximum Gasteiger partial charge on any atom is 0.230 e. The summed E-state index contributed by atoms with van der Waals surface area (Å²) in [5.74, 6) is 0.394. The van der Waals surface area contributed by atoms with E-state index in [-0.39, 0.29) is 17.4 Å². The maximum atomic E-state index is 11.9. The second-order valence-corrected chi connectivity index (χ2v) is 8.29. The standard InChI is InChI=1S/C13H17NO3S2/c1-13(7-8-19(16,17)10-13)14-12(15)9-18-11-5-3-2-4-6-11/h2-6H,7-10H2,1H3,(H,14,15). The number of benzene rings is 1. The first-order chi connectivity index (χ1) is 8.89. The first kappa shape index (κ1) is 14.4. The largest absolute Gasteiger partial charge is 0.349 e. The molecule has 1 fully saturated rings. The van der Waals surface area contributed by atoms with Gasteiger partial charge in [0.05, 0.1) is 22.8 Å². The molecule has 1 amide bonds. The van der Waals surface area contributed by atoms with Gasteiger partial charge in [0.2, 0.25) is 5.91 Å². The minimum Gasteiger partial charge on any atom is -0.349 e. The van der Waals surface area contributed by atoms with Gasteiger partial charge in [-0.05, 0) is 25.5 Å². The number of carbonyl (C=O) groups is 1. The molecule has 19 heavy (non-hydrogen) atoms. The van der Waals surface area contributed by atoms with Crippen LogP contribution in [0.1, 0.15) is 13.3 Å². The summed E-state index contributed by atoms with van der Waals surface area (Å²) in [5, 5.41) is 2.84. The lowest BCUT2D eigenvalue weighted by atomic mass is 10.0. The minimum atomic E-state index is -2.99. The fourth-order valence-electron chi connectivity index (χ4n) is 2.15. The normalized spacial score (nSPS) is 25.1. The molecule has 1 aliphatic rings. The third kappa shape index (κ3) is 4.24. The highest BCUT2D eigenvalue weighted by molar-refractivity contribution is 8.00. The fourth-order valence-corrected chi connectivity index (χ4v) is 4.96. The summed E-state index contributed by atoms with van der Waals surface area (Å²) in [5.41, 5.74) is -0.604. The van der Waals surface area contributed by atoms with Crippen LogP contribution < -0.4 is 5.32 Å². The van der Waals surface area contributed by atoms with Gasteiger partial charge >= 0.3 is 0 Å². The van der Waals surface area contributed by atoms with Crippen LogP contribution in [-0.4, -0.2) is 37.1 Å². The van der Waals surface area contributed by atoms with Crippen LogP contribution in [0.5, 0.6) is 0 Å². The van der Waals surface area contributed by atoms with E-state index in [9.17, 15) is 13.2 Å². The van der Waals surface area contributed by atoms with Gasteiger partial charge in [-0.15, -0.1) is 11.8 Å². The van der Waals surface area contributed by atoms with Crippen LogP contribution in [0.3, 0.4) is 0 Å². The van der Waals surface area contributed by atoms with Gasteiger partial charge in [-0.1, -0.05) is 18.2 Å². The smallest absolute Gasteiger partial charge is 0.230 e. The van der Waals surface area contributed by atoms with E-state index in [0.29, 0.717) is 12.2 Å². The van der Waals surface area contributed by atoms with Crippen molar-refractivity contribution in [1.82, 2.24) is 5.32 Å². The Morgan fingerprint density at radius 1 is 1.37 bits per heavy atom. The van der Waals surface area contributed by atoms with Crippen LogP contribution >= 0.6 is 11.8 Å². The Hall–Kier alpha value is -1.01. The van der Waals surface area contributed by atoms with Crippen molar-refractivity contribution in [2.24, 2.45) is 0 Å². The molecule has 4 nitrogen and oxygen atoms in total. The molecule has 1 heterocycles. The van der Waals surface area contributed by atoms with Crippen molar-refractivity contribution < 1.29 is 13.2 Å².